The van der Waals surface area contributed by atoms with Gasteiger partial charge in [-0.3, -0.25) is 4.79 Å². The van der Waals surface area contributed by atoms with Crippen LogP contribution in [0.2, 0.25) is 0 Å². The highest BCUT2D eigenvalue weighted by molar-refractivity contribution is 7.99. The number of aromatic nitrogens is 1. The van der Waals surface area contributed by atoms with Gasteiger partial charge in [0.25, 0.3) is 0 Å². The van der Waals surface area contributed by atoms with E-state index in [1.165, 1.54) is 24.0 Å². The maximum absolute atomic E-state index is 13.7. The van der Waals surface area contributed by atoms with E-state index >= 15 is 0 Å². The lowest BCUT2D eigenvalue weighted by Gasteiger charge is -2.06. The molecule has 6 heteroatoms. The van der Waals surface area contributed by atoms with E-state index in [2.05, 4.69) is 0 Å². The number of fused-ring (bicyclic) bond motifs is 1. The number of benzene rings is 1. The third-order valence-corrected chi connectivity index (χ3v) is 5.10. The number of pyridine rings is 1. The molecule has 0 spiro atoms. The van der Waals surface area contributed by atoms with Gasteiger partial charge in [-0.25, -0.2) is 4.39 Å². The van der Waals surface area contributed by atoms with Gasteiger partial charge in [0.2, 0.25) is 0 Å². The van der Waals surface area contributed by atoms with Crippen LogP contribution in [0.5, 0.6) is 5.75 Å². The van der Waals surface area contributed by atoms with E-state index in [1.807, 2.05) is 38.1 Å². The summed E-state index contributed by atoms with van der Waals surface area (Å²) in [7, 11) is 0. The molecule has 2 heterocycles. The van der Waals surface area contributed by atoms with E-state index in [0.29, 0.717) is 12.2 Å². The van der Waals surface area contributed by atoms with E-state index in [9.17, 15) is 14.3 Å². The maximum Gasteiger partial charge on any atom is 0.307 e. The third-order valence-electron chi connectivity index (χ3n) is 3.89. The molecule has 0 aliphatic heterocycles. The molecule has 0 amide bonds. The van der Waals surface area contributed by atoms with E-state index in [4.69, 9.17) is 4.74 Å². The first-order chi connectivity index (χ1) is 12.0. The van der Waals surface area contributed by atoms with Crippen molar-refractivity contribution in [3.05, 3.63) is 59.5 Å². The Labute approximate surface area is 149 Å². The van der Waals surface area contributed by atoms with Crippen molar-refractivity contribution in [1.29, 1.82) is 0 Å². The van der Waals surface area contributed by atoms with Gasteiger partial charge in [-0.1, -0.05) is 11.8 Å². The molecule has 0 unspecified atom stereocenters. The quantitative estimate of drug-likeness (QED) is 0.701. The normalized spacial score (nSPS) is 11.0. The Morgan fingerprint density at radius 2 is 1.96 bits per heavy atom. The minimum Gasteiger partial charge on any atom is -0.494 e. The number of carboxylic acids is 1. The molecule has 0 saturated heterocycles. The highest BCUT2D eigenvalue weighted by atomic mass is 32.2. The Morgan fingerprint density at radius 3 is 2.60 bits per heavy atom. The van der Waals surface area contributed by atoms with Gasteiger partial charge in [0.15, 0.2) is 0 Å². The first-order valence-corrected chi connectivity index (χ1v) is 8.72. The van der Waals surface area contributed by atoms with Gasteiger partial charge < -0.3 is 14.2 Å². The van der Waals surface area contributed by atoms with Crippen molar-refractivity contribution in [2.24, 2.45) is 0 Å². The molecule has 0 saturated carbocycles. The van der Waals surface area contributed by atoms with Crippen molar-refractivity contribution in [2.75, 3.05) is 6.61 Å². The molecule has 0 aliphatic carbocycles. The van der Waals surface area contributed by atoms with Crippen LogP contribution in [0.3, 0.4) is 0 Å². The summed E-state index contributed by atoms with van der Waals surface area (Å²) in [5, 5.41) is 10.00. The van der Waals surface area contributed by atoms with Crippen LogP contribution in [-0.4, -0.2) is 22.1 Å². The van der Waals surface area contributed by atoms with Crippen LogP contribution in [0.4, 0.5) is 4.39 Å². The summed E-state index contributed by atoms with van der Waals surface area (Å²) < 4.78 is 20.9. The average molecular weight is 359 g/mol. The summed E-state index contributed by atoms with van der Waals surface area (Å²) in [5.41, 5.74) is 2.28. The molecule has 4 nitrogen and oxygen atoms in total. The fraction of sp³-hybridized carbons (Fsp3) is 0.211. The predicted molar refractivity (Wildman–Crippen MR) is 95.2 cm³/mol. The number of rotatable bonds is 6. The summed E-state index contributed by atoms with van der Waals surface area (Å²) in [4.78, 5) is 12.2. The van der Waals surface area contributed by atoms with Crippen LogP contribution < -0.4 is 4.74 Å². The second-order valence-corrected chi connectivity index (χ2v) is 6.65. The Hall–Kier alpha value is -2.47. The molecule has 0 fully saturated rings. The molecule has 25 heavy (non-hydrogen) atoms. The highest BCUT2D eigenvalue weighted by Gasteiger charge is 2.18. The lowest BCUT2D eigenvalue weighted by molar-refractivity contribution is -0.136. The van der Waals surface area contributed by atoms with E-state index in [1.54, 1.807) is 10.5 Å². The summed E-state index contributed by atoms with van der Waals surface area (Å²) in [6.07, 6.45) is 1.30. The smallest absolute Gasteiger partial charge is 0.307 e. The van der Waals surface area contributed by atoms with Gasteiger partial charge >= 0.3 is 5.97 Å². The second kappa shape index (κ2) is 7.19. The standard InChI is InChI=1S/C19H18FNO3S/c1-3-24-14-5-7-15(8-6-14)25-19-12(2)16(10-18(22)23)17-9-4-13(20)11-21(17)19/h4-9,11H,3,10H2,1-2H3,(H,22,23). The number of ether oxygens (including phenoxy) is 1. The van der Waals surface area contributed by atoms with Gasteiger partial charge in [0.05, 0.1) is 23.6 Å². The monoisotopic (exact) mass is 359 g/mol. The minimum absolute atomic E-state index is 0.0925. The summed E-state index contributed by atoms with van der Waals surface area (Å²) in [5.74, 6) is -0.475. The molecule has 3 aromatic rings. The third kappa shape index (κ3) is 3.64. The van der Waals surface area contributed by atoms with Gasteiger partial charge in [0.1, 0.15) is 11.6 Å². The molecular formula is C19H18FNO3S. The summed E-state index contributed by atoms with van der Waals surface area (Å²) in [6.45, 7) is 4.41. The molecule has 0 atom stereocenters. The van der Waals surface area contributed by atoms with Crippen molar-refractivity contribution in [2.45, 2.75) is 30.2 Å². The van der Waals surface area contributed by atoms with Crippen LogP contribution in [0.15, 0.2) is 52.5 Å². The molecule has 1 aromatic carbocycles. The van der Waals surface area contributed by atoms with Crippen LogP contribution in [0.25, 0.3) is 5.52 Å². The first-order valence-electron chi connectivity index (χ1n) is 7.91. The van der Waals surface area contributed by atoms with Gasteiger partial charge in [-0.05, 0) is 61.4 Å². The van der Waals surface area contributed by atoms with Crippen molar-refractivity contribution >= 4 is 23.2 Å². The van der Waals surface area contributed by atoms with Crippen molar-refractivity contribution < 1.29 is 19.0 Å². The number of carbonyl (C=O) groups is 1. The number of nitrogens with zero attached hydrogens (tertiary/aromatic N) is 1. The van der Waals surface area contributed by atoms with Crippen molar-refractivity contribution in [1.82, 2.24) is 4.40 Å². The van der Waals surface area contributed by atoms with Crippen LogP contribution >= 0.6 is 11.8 Å². The van der Waals surface area contributed by atoms with Crippen LogP contribution in [0.1, 0.15) is 18.1 Å². The lowest BCUT2D eigenvalue weighted by Crippen LogP contribution is -2.00. The van der Waals surface area contributed by atoms with Crippen molar-refractivity contribution in [3.63, 3.8) is 0 Å². The average Bonchev–Trinajstić information content (AvgIpc) is 2.81. The fourth-order valence-corrected chi connectivity index (χ4v) is 3.79. The van der Waals surface area contributed by atoms with Crippen molar-refractivity contribution in [3.8, 4) is 5.75 Å². The van der Waals surface area contributed by atoms with Gasteiger partial charge in [-0.15, -0.1) is 0 Å². The number of hydrogen-bond donors (Lipinski definition) is 1. The molecule has 130 valence electrons. The first kappa shape index (κ1) is 17.4. The largest absolute Gasteiger partial charge is 0.494 e. The van der Waals surface area contributed by atoms with Gasteiger partial charge in [0, 0.05) is 11.1 Å². The molecule has 0 bridgehead atoms. The minimum atomic E-state index is -0.905. The molecule has 1 N–H and O–H groups in total. The molecule has 0 radical (unpaired) electrons. The van der Waals surface area contributed by atoms with E-state index in [0.717, 1.165) is 26.8 Å². The molecule has 2 aromatic heterocycles. The topological polar surface area (TPSA) is 50.9 Å². The number of hydrogen-bond acceptors (Lipinski definition) is 3. The fourth-order valence-electron chi connectivity index (χ4n) is 2.77. The van der Waals surface area contributed by atoms with Crippen LogP contribution in [0, 0.1) is 12.7 Å². The van der Waals surface area contributed by atoms with E-state index in [-0.39, 0.29) is 12.2 Å². The zero-order valence-electron chi connectivity index (χ0n) is 14.0. The summed E-state index contributed by atoms with van der Waals surface area (Å²) >= 11 is 1.47. The van der Waals surface area contributed by atoms with Crippen LogP contribution in [-0.2, 0) is 11.2 Å². The van der Waals surface area contributed by atoms with E-state index < -0.39 is 5.97 Å². The molecule has 3 rings (SSSR count). The Balaban J connectivity index is 2.04. The Bertz CT molecular complexity index is 919. The Morgan fingerprint density at radius 1 is 1.24 bits per heavy atom. The SMILES string of the molecule is CCOc1ccc(Sc2c(C)c(CC(=O)O)c3ccc(F)cn23)cc1. The second-order valence-electron chi connectivity index (χ2n) is 5.59. The molecule has 0 aliphatic rings. The number of halogens is 1. The summed E-state index contributed by atoms with van der Waals surface area (Å²) in [6, 6.07) is 10.6. The maximum atomic E-state index is 13.7. The molecular weight excluding hydrogens is 341 g/mol. The lowest BCUT2D eigenvalue weighted by atomic mass is 10.1. The predicted octanol–water partition coefficient (Wildman–Crippen LogP) is 4.56. The highest BCUT2D eigenvalue weighted by Crippen LogP contribution is 2.36. The number of carboxylic acid groups (broad SMARTS) is 1. The Kier molecular flexibility index (Phi) is 4.99. The zero-order chi connectivity index (χ0) is 18.0. The van der Waals surface area contributed by atoms with Gasteiger partial charge in [-0.2, -0.15) is 0 Å². The number of aliphatic carboxylic acids is 1. The zero-order valence-corrected chi connectivity index (χ0v) is 14.8.